The Balaban J connectivity index is 2.24. The van der Waals surface area contributed by atoms with Gasteiger partial charge in [0.05, 0.1) is 6.04 Å². The fourth-order valence-electron chi connectivity index (χ4n) is 1.41. The molecule has 0 saturated heterocycles. The molecular formula is C9H17N2O. The molecule has 0 aromatic rings. The second kappa shape index (κ2) is 4.45. The number of nitrogens with one attached hydrogen (secondary N) is 1. The summed E-state index contributed by atoms with van der Waals surface area (Å²) in [7, 11) is 0. The van der Waals surface area contributed by atoms with E-state index in [9.17, 15) is 4.79 Å². The van der Waals surface area contributed by atoms with Crippen LogP contribution in [0.25, 0.3) is 0 Å². The fraction of sp³-hybridized carbons (Fsp3) is 0.778. The molecule has 3 heteroatoms. The summed E-state index contributed by atoms with van der Waals surface area (Å²) in [6.07, 6.45) is 6.69. The Morgan fingerprint density at radius 2 is 2.50 bits per heavy atom. The highest BCUT2D eigenvalue weighted by atomic mass is 16.2. The van der Waals surface area contributed by atoms with Gasteiger partial charge in [-0.05, 0) is 26.2 Å². The van der Waals surface area contributed by atoms with Crippen LogP contribution in [-0.2, 0) is 4.79 Å². The quantitative estimate of drug-likeness (QED) is 0.636. The molecule has 2 atom stereocenters. The average molecular weight is 169 g/mol. The average Bonchev–Trinajstić information content (AvgIpc) is 2.06. The highest BCUT2D eigenvalue weighted by Crippen LogP contribution is 2.16. The molecule has 1 amide bonds. The van der Waals surface area contributed by atoms with Crippen LogP contribution in [0.3, 0.4) is 0 Å². The van der Waals surface area contributed by atoms with Crippen molar-refractivity contribution in [1.29, 1.82) is 0 Å². The standard InChI is InChI=1S/C9H17N2O/c1-7(10)9(12)11-8-5-3-2-4-6-8/h3,7-8H,2,4-6,10H2,1H3,(H,11,12)/t7-,8-/m1/s1. The highest BCUT2D eigenvalue weighted by molar-refractivity contribution is 5.81. The Morgan fingerprint density at radius 1 is 1.75 bits per heavy atom. The van der Waals surface area contributed by atoms with Crippen LogP contribution in [0.2, 0.25) is 0 Å². The van der Waals surface area contributed by atoms with Crippen molar-refractivity contribution in [2.75, 3.05) is 0 Å². The smallest absolute Gasteiger partial charge is 0.236 e. The first-order valence-electron chi connectivity index (χ1n) is 4.58. The maximum absolute atomic E-state index is 11.2. The molecule has 0 heterocycles. The molecule has 69 valence electrons. The van der Waals surface area contributed by atoms with Crippen LogP contribution in [0.15, 0.2) is 0 Å². The number of amides is 1. The SMILES string of the molecule is C[C@@H](N)C(=O)N[C@@H]1C[CH]CCC1. The van der Waals surface area contributed by atoms with Crippen LogP contribution < -0.4 is 11.1 Å². The Bertz CT molecular complexity index is 151. The Kier molecular flexibility index (Phi) is 3.53. The summed E-state index contributed by atoms with van der Waals surface area (Å²) >= 11 is 0. The van der Waals surface area contributed by atoms with Gasteiger partial charge >= 0.3 is 0 Å². The van der Waals surface area contributed by atoms with Crippen molar-refractivity contribution in [3.63, 3.8) is 0 Å². The van der Waals surface area contributed by atoms with E-state index in [0.29, 0.717) is 6.04 Å². The van der Waals surface area contributed by atoms with Crippen molar-refractivity contribution in [2.45, 2.75) is 44.7 Å². The normalized spacial score (nSPS) is 21.8. The first-order chi connectivity index (χ1) is 5.70. The molecule has 0 aliphatic heterocycles. The topological polar surface area (TPSA) is 55.1 Å². The third-order valence-corrected chi connectivity index (χ3v) is 2.17. The molecule has 3 nitrogen and oxygen atoms in total. The van der Waals surface area contributed by atoms with Gasteiger partial charge < -0.3 is 11.1 Å². The first-order valence-corrected chi connectivity index (χ1v) is 4.58. The van der Waals surface area contributed by atoms with E-state index in [-0.39, 0.29) is 11.9 Å². The van der Waals surface area contributed by atoms with Gasteiger partial charge in [-0.3, -0.25) is 4.79 Å². The Morgan fingerprint density at radius 3 is 3.00 bits per heavy atom. The van der Waals surface area contributed by atoms with E-state index < -0.39 is 0 Å². The lowest BCUT2D eigenvalue weighted by molar-refractivity contribution is -0.122. The summed E-state index contributed by atoms with van der Waals surface area (Å²) in [6.45, 7) is 1.71. The number of nitrogens with two attached hydrogens (primary N) is 1. The number of hydrogen-bond acceptors (Lipinski definition) is 2. The van der Waals surface area contributed by atoms with E-state index in [0.717, 1.165) is 12.8 Å². The minimum absolute atomic E-state index is 0.0321. The van der Waals surface area contributed by atoms with Crippen molar-refractivity contribution in [3.05, 3.63) is 6.42 Å². The number of hydrogen-bond donors (Lipinski definition) is 2. The van der Waals surface area contributed by atoms with Crippen molar-refractivity contribution in [1.82, 2.24) is 5.32 Å². The molecule has 3 N–H and O–H groups in total. The predicted octanol–water partition coefficient (Wildman–Crippen LogP) is 0.597. The molecule has 0 unspecified atom stereocenters. The van der Waals surface area contributed by atoms with Gasteiger partial charge in [-0.25, -0.2) is 0 Å². The van der Waals surface area contributed by atoms with E-state index in [1.165, 1.54) is 12.8 Å². The van der Waals surface area contributed by atoms with Crippen LogP contribution in [0.5, 0.6) is 0 Å². The maximum atomic E-state index is 11.2. The van der Waals surface area contributed by atoms with Crippen molar-refractivity contribution in [3.8, 4) is 0 Å². The largest absolute Gasteiger partial charge is 0.352 e. The third kappa shape index (κ3) is 2.81. The van der Waals surface area contributed by atoms with Crippen LogP contribution in [-0.4, -0.2) is 18.0 Å². The van der Waals surface area contributed by atoms with E-state index in [1.54, 1.807) is 6.92 Å². The molecule has 0 bridgehead atoms. The van der Waals surface area contributed by atoms with Crippen LogP contribution in [0.4, 0.5) is 0 Å². The lowest BCUT2D eigenvalue weighted by Crippen LogP contribution is -2.44. The Labute approximate surface area is 73.7 Å². The summed E-state index contributed by atoms with van der Waals surface area (Å²) in [6, 6.07) is -0.0517. The predicted molar refractivity (Wildman–Crippen MR) is 48.3 cm³/mol. The molecule has 1 aliphatic rings. The van der Waals surface area contributed by atoms with Crippen molar-refractivity contribution >= 4 is 5.91 Å². The number of carbonyl (C=O) groups excluding carboxylic acids is 1. The molecule has 1 rings (SSSR count). The zero-order valence-corrected chi connectivity index (χ0v) is 7.55. The van der Waals surface area contributed by atoms with E-state index in [4.69, 9.17) is 5.73 Å². The van der Waals surface area contributed by atoms with Crippen molar-refractivity contribution < 1.29 is 4.79 Å². The lowest BCUT2D eigenvalue weighted by Gasteiger charge is -2.23. The second-order valence-electron chi connectivity index (χ2n) is 3.45. The van der Waals surface area contributed by atoms with Gasteiger partial charge in [-0.1, -0.05) is 12.8 Å². The summed E-state index contributed by atoms with van der Waals surface area (Å²) in [5, 5.41) is 2.92. The van der Waals surface area contributed by atoms with Gasteiger partial charge in [-0.15, -0.1) is 0 Å². The van der Waals surface area contributed by atoms with Gasteiger partial charge in [0.15, 0.2) is 0 Å². The fourth-order valence-corrected chi connectivity index (χ4v) is 1.41. The van der Waals surface area contributed by atoms with Crippen LogP contribution >= 0.6 is 0 Å². The van der Waals surface area contributed by atoms with Gasteiger partial charge in [-0.2, -0.15) is 0 Å². The maximum Gasteiger partial charge on any atom is 0.236 e. The van der Waals surface area contributed by atoms with Gasteiger partial charge in [0, 0.05) is 6.04 Å². The molecule has 0 aromatic heterocycles. The molecule has 1 fully saturated rings. The Hall–Kier alpha value is -0.570. The molecular weight excluding hydrogens is 152 g/mol. The van der Waals surface area contributed by atoms with Crippen LogP contribution in [0.1, 0.15) is 32.6 Å². The molecule has 0 aromatic carbocycles. The first kappa shape index (κ1) is 9.52. The van der Waals surface area contributed by atoms with E-state index in [2.05, 4.69) is 11.7 Å². The van der Waals surface area contributed by atoms with E-state index >= 15 is 0 Å². The summed E-state index contributed by atoms with van der Waals surface area (Å²) in [5.74, 6) is -0.0321. The summed E-state index contributed by atoms with van der Waals surface area (Å²) in [5.41, 5.74) is 5.43. The number of carbonyl (C=O) groups is 1. The lowest BCUT2D eigenvalue weighted by atomic mass is 9.95. The van der Waals surface area contributed by atoms with Gasteiger partial charge in [0.25, 0.3) is 0 Å². The molecule has 1 saturated carbocycles. The zero-order valence-electron chi connectivity index (χ0n) is 7.55. The van der Waals surface area contributed by atoms with Gasteiger partial charge in [0.1, 0.15) is 0 Å². The monoisotopic (exact) mass is 169 g/mol. The third-order valence-electron chi connectivity index (χ3n) is 2.17. The summed E-state index contributed by atoms with van der Waals surface area (Å²) in [4.78, 5) is 11.2. The highest BCUT2D eigenvalue weighted by Gasteiger charge is 2.17. The summed E-state index contributed by atoms with van der Waals surface area (Å²) < 4.78 is 0. The minimum atomic E-state index is -0.382. The minimum Gasteiger partial charge on any atom is -0.352 e. The molecule has 1 radical (unpaired) electrons. The number of rotatable bonds is 2. The molecule has 1 aliphatic carbocycles. The molecule has 0 spiro atoms. The zero-order chi connectivity index (χ0) is 8.97. The van der Waals surface area contributed by atoms with Crippen molar-refractivity contribution in [2.24, 2.45) is 5.73 Å². The van der Waals surface area contributed by atoms with Crippen LogP contribution in [0, 0.1) is 6.42 Å². The second-order valence-corrected chi connectivity index (χ2v) is 3.45. The van der Waals surface area contributed by atoms with Gasteiger partial charge in [0.2, 0.25) is 5.91 Å². The van der Waals surface area contributed by atoms with E-state index in [1.807, 2.05) is 0 Å². The molecule has 12 heavy (non-hydrogen) atoms.